The van der Waals surface area contributed by atoms with Gasteiger partial charge in [-0.25, -0.2) is 19.3 Å². The third kappa shape index (κ3) is 7.29. The van der Waals surface area contributed by atoms with E-state index in [1.807, 2.05) is 16.8 Å². The molecule has 1 saturated heterocycles. The van der Waals surface area contributed by atoms with E-state index in [-0.39, 0.29) is 46.2 Å². The molecule has 1 aliphatic heterocycles. The van der Waals surface area contributed by atoms with Crippen LogP contribution in [0.1, 0.15) is 51.1 Å². The van der Waals surface area contributed by atoms with Crippen LogP contribution < -0.4 is 14.5 Å². The molecule has 0 amide bonds. The first kappa shape index (κ1) is 34.4. The number of fused-ring (bicyclic) bond motifs is 1. The number of aromatic nitrogens is 4. The van der Waals surface area contributed by atoms with Gasteiger partial charge in [0, 0.05) is 56.5 Å². The predicted molar refractivity (Wildman–Crippen MR) is 177 cm³/mol. The number of ether oxygens (including phenoxy) is 2. The lowest BCUT2D eigenvalue weighted by Crippen LogP contribution is -2.37. The van der Waals surface area contributed by atoms with Gasteiger partial charge in [-0.3, -0.25) is 4.79 Å². The van der Waals surface area contributed by atoms with E-state index in [9.17, 15) is 23.1 Å². The largest absolute Gasteiger partial charge is 0.481 e. The van der Waals surface area contributed by atoms with Gasteiger partial charge in [0.1, 0.15) is 22.9 Å². The quantitative estimate of drug-likeness (QED) is 0.158. The van der Waals surface area contributed by atoms with E-state index in [2.05, 4.69) is 19.9 Å². The van der Waals surface area contributed by atoms with E-state index >= 15 is 4.39 Å². The highest BCUT2D eigenvalue weighted by molar-refractivity contribution is 5.91. The molecule has 1 aliphatic carbocycles. The number of alkyl halides is 3. The second kappa shape index (κ2) is 13.8. The number of hydrogen-bond acceptors (Lipinski definition) is 8. The van der Waals surface area contributed by atoms with Gasteiger partial charge in [0.25, 0.3) is 0 Å². The van der Waals surface area contributed by atoms with Crippen LogP contribution in [0.3, 0.4) is 0 Å². The van der Waals surface area contributed by atoms with Crippen LogP contribution in [-0.4, -0.2) is 78.0 Å². The number of methoxy groups -OCH3 is 1. The molecule has 2 N–H and O–H groups in total. The summed E-state index contributed by atoms with van der Waals surface area (Å²) in [5.74, 6) is -1.70. The van der Waals surface area contributed by atoms with E-state index in [4.69, 9.17) is 9.47 Å². The van der Waals surface area contributed by atoms with Crippen molar-refractivity contribution in [3.05, 3.63) is 47.9 Å². The topological polar surface area (TPSA) is 117 Å². The standard InChI is InChI=1S/C35H40F4N6O4/c1-4-49-29-16-22(15-28(41-29)35(37,38)39)26-18-27(44(2)19-34(20-48-3)11-5-6-12-34)30-32(40-26)43-31(42-30)24-8-7-23(17-25(24)36)45-13-9-21(10-14-45)33(46)47/h7-8,15-18,21H,4-6,9-14,19-20H2,1-3H3,(H,46,47)(H,40,42,43). The van der Waals surface area contributed by atoms with Crippen LogP contribution >= 0.6 is 0 Å². The van der Waals surface area contributed by atoms with Gasteiger partial charge in [0.2, 0.25) is 5.88 Å². The fourth-order valence-electron chi connectivity index (χ4n) is 7.21. The Morgan fingerprint density at radius 2 is 1.84 bits per heavy atom. The second-order valence-electron chi connectivity index (χ2n) is 13.1. The number of anilines is 2. The molecule has 1 saturated carbocycles. The summed E-state index contributed by atoms with van der Waals surface area (Å²) in [7, 11) is 3.59. The third-order valence-electron chi connectivity index (χ3n) is 9.64. The van der Waals surface area contributed by atoms with E-state index in [1.54, 1.807) is 32.2 Å². The zero-order chi connectivity index (χ0) is 34.9. The van der Waals surface area contributed by atoms with Crippen LogP contribution in [0.5, 0.6) is 5.88 Å². The Labute approximate surface area is 281 Å². The summed E-state index contributed by atoms with van der Waals surface area (Å²) in [5.41, 5.74) is 1.39. The van der Waals surface area contributed by atoms with Gasteiger partial charge in [0.15, 0.2) is 5.65 Å². The maximum absolute atomic E-state index is 15.8. The van der Waals surface area contributed by atoms with Crippen LogP contribution in [0.25, 0.3) is 33.8 Å². The zero-order valence-corrected chi connectivity index (χ0v) is 27.7. The number of H-pyrrole nitrogens is 1. The Morgan fingerprint density at radius 3 is 2.47 bits per heavy atom. The summed E-state index contributed by atoms with van der Waals surface area (Å²) in [6.45, 7) is 3.98. The molecular weight excluding hydrogens is 644 g/mol. The van der Waals surface area contributed by atoms with Crippen molar-refractivity contribution in [3.63, 3.8) is 0 Å². The van der Waals surface area contributed by atoms with Crippen molar-refractivity contribution in [2.75, 3.05) is 56.8 Å². The number of pyridine rings is 2. The minimum Gasteiger partial charge on any atom is -0.481 e. The second-order valence-corrected chi connectivity index (χ2v) is 13.1. The summed E-state index contributed by atoms with van der Waals surface area (Å²) in [6, 6.07) is 8.88. The number of benzene rings is 1. The third-order valence-corrected chi connectivity index (χ3v) is 9.64. The van der Waals surface area contributed by atoms with Crippen molar-refractivity contribution in [2.45, 2.75) is 51.6 Å². The number of nitrogens with one attached hydrogen (secondary N) is 1. The maximum Gasteiger partial charge on any atom is 0.433 e. The SMILES string of the molecule is CCOc1cc(-c2cc(N(C)CC3(COC)CCCC3)c3[nH]c(-c4ccc(N5CCC(C(=O)O)CC5)cc4F)nc3n2)cc(C(F)(F)F)n1. The summed E-state index contributed by atoms with van der Waals surface area (Å²) in [4.78, 5) is 31.6. The molecule has 2 aliphatic rings. The number of carboxylic acids is 1. The van der Waals surface area contributed by atoms with Crippen LogP contribution in [0.2, 0.25) is 0 Å². The van der Waals surface area contributed by atoms with Crippen LogP contribution in [0, 0.1) is 17.2 Å². The number of nitrogens with zero attached hydrogens (tertiary/aromatic N) is 5. The maximum atomic E-state index is 15.8. The summed E-state index contributed by atoms with van der Waals surface area (Å²) >= 11 is 0. The van der Waals surface area contributed by atoms with E-state index in [0.717, 1.165) is 31.7 Å². The van der Waals surface area contributed by atoms with Crippen molar-refractivity contribution in [3.8, 4) is 28.5 Å². The Bertz CT molecular complexity index is 1820. The molecule has 1 aromatic carbocycles. The summed E-state index contributed by atoms with van der Waals surface area (Å²) < 4.78 is 68.4. The minimum absolute atomic E-state index is 0.106. The number of aliphatic carboxylic acids is 1. The zero-order valence-electron chi connectivity index (χ0n) is 27.7. The van der Waals surface area contributed by atoms with Crippen LogP contribution in [0.4, 0.5) is 28.9 Å². The monoisotopic (exact) mass is 684 g/mol. The number of rotatable bonds is 11. The Morgan fingerprint density at radius 1 is 1.10 bits per heavy atom. The molecule has 0 bridgehead atoms. The molecule has 262 valence electrons. The number of piperidine rings is 1. The first-order chi connectivity index (χ1) is 23.4. The highest BCUT2D eigenvalue weighted by Gasteiger charge is 2.36. The van der Waals surface area contributed by atoms with Gasteiger partial charge < -0.3 is 29.4 Å². The van der Waals surface area contributed by atoms with E-state index < -0.39 is 29.6 Å². The lowest BCUT2D eigenvalue weighted by molar-refractivity contribution is -0.142. The molecule has 4 heterocycles. The molecule has 0 spiro atoms. The van der Waals surface area contributed by atoms with Crippen LogP contribution in [0.15, 0.2) is 36.4 Å². The fourth-order valence-corrected chi connectivity index (χ4v) is 7.21. The summed E-state index contributed by atoms with van der Waals surface area (Å²) in [6.07, 6.45) is 0.347. The number of carbonyl (C=O) groups is 1. The Balaban J connectivity index is 1.42. The Hall–Kier alpha value is -4.46. The minimum atomic E-state index is -4.71. The average Bonchev–Trinajstić information content (AvgIpc) is 3.71. The highest BCUT2D eigenvalue weighted by Crippen LogP contribution is 2.42. The molecule has 6 rings (SSSR count). The summed E-state index contributed by atoms with van der Waals surface area (Å²) in [5, 5.41) is 9.33. The lowest BCUT2D eigenvalue weighted by Gasteiger charge is -2.34. The van der Waals surface area contributed by atoms with Gasteiger partial charge in [0.05, 0.1) is 36.1 Å². The molecular formula is C35H40F4N6O4. The molecule has 4 aromatic rings. The number of carboxylic acid groups (broad SMARTS) is 1. The molecule has 0 unspecified atom stereocenters. The van der Waals surface area contributed by atoms with E-state index in [1.165, 1.54) is 12.1 Å². The number of imidazole rings is 1. The van der Waals surface area contributed by atoms with Crippen LogP contribution in [-0.2, 0) is 15.7 Å². The van der Waals surface area contributed by atoms with Crippen molar-refractivity contribution < 1.29 is 36.9 Å². The molecule has 0 atom stereocenters. The molecule has 2 fully saturated rings. The Kier molecular flexibility index (Phi) is 9.70. The van der Waals surface area contributed by atoms with Crippen molar-refractivity contribution in [2.24, 2.45) is 11.3 Å². The van der Waals surface area contributed by atoms with Crippen molar-refractivity contribution in [1.82, 2.24) is 19.9 Å². The van der Waals surface area contributed by atoms with Gasteiger partial charge >= 0.3 is 12.1 Å². The van der Waals surface area contributed by atoms with Gasteiger partial charge in [-0.15, -0.1) is 0 Å². The number of aromatic amines is 1. The normalized spacial score (nSPS) is 16.8. The molecule has 14 heteroatoms. The fraction of sp³-hybridized carbons (Fsp3) is 0.486. The van der Waals surface area contributed by atoms with Gasteiger partial charge in [-0.05, 0) is 62.9 Å². The van der Waals surface area contributed by atoms with Crippen molar-refractivity contribution in [1.29, 1.82) is 0 Å². The van der Waals surface area contributed by atoms with E-state index in [0.29, 0.717) is 56.0 Å². The number of hydrogen-bond donors (Lipinski definition) is 2. The molecule has 49 heavy (non-hydrogen) atoms. The highest BCUT2D eigenvalue weighted by atomic mass is 19.4. The first-order valence-electron chi connectivity index (χ1n) is 16.5. The molecule has 10 nitrogen and oxygen atoms in total. The van der Waals surface area contributed by atoms with Gasteiger partial charge in [-0.1, -0.05) is 12.8 Å². The molecule has 0 radical (unpaired) electrons. The predicted octanol–water partition coefficient (Wildman–Crippen LogP) is 7.19. The number of halogens is 4. The smallest absolute Gasteiger partial charge is 0.433 e. The lowest BCUT2D eigenvalue weighted by atomic mass is 9.86. The average molecular weight is 685 g/mol. The molecule has 3 aromatic heterocycles. The van der Waals surface area contributed by atoms with Gasteiger partial charge in [-0.2, -0.15) is 13.2 Å². The van der Waals surface area contributed by atoms with Crippen molar-refractivity contribution >= 4 is 28.5 Å². The first-order valence-corrected chi connectivity index (χ1v) is 16.5.